The van der Waals surface area contributed by atoms with Gasteiger partial charge in [-0.15, -0.1) is 0 Å². The summed E-state index contributed by atoms with van der Waals surface area (Å²) in [5.41, 5.74) is 2.02. The van der Waals surface area contributed by atoms with Gasteiger partial charge in [-0.05, 0) is 30.3 Å². The fourth-order valence-corrected chi connectivity index (χ4v) is 3.48. The van der Waals surface area contributed by atoms with E-state index < -0.39 is 12.1 Å². The maximum Gasteiger partial charge on any atom is 0.490 e. The molecule has 2 heterocycles. The summed E-state index contributed by atoms with van der Waals surface area (Å²) in [6.45, 7) is 2.46. The quantitative estimate of drug-likeness (QED) is 0.315. The monoisotopic (exact) mass is 570 g/mol. The second kappa shape index (κ2) is 13.1. The van der Waals surface area contributed by atoms with Crippen LogP contribution in [0.15, 0.2) is 48.7 Å². The van der Waals surface area contributed by atoms with E-state index in [1.807, 2.05) is 4.90 Å². The zero-order valence-corrected chi connectivity index (χ0v) is 21.1. The molecule has 0 atom stereocenters. The Bertz CT molecular complexity index is 1320. The number of ether oxygens (including phenoxy) is 1. The number of aliphatic carboxylic acids is 1. The summed E-state index contributed by atoms with van der Waals surface area (Å²) in [5, 5.41) is 16.1. The number of carboxylic acids is 1. The van der Waals surface area contributed by atoms with Crippen molar-refractivity contribution in [2.24, 2.45) is 0 Å². The van der Waals surface area contributed by atoms with Crippen molar-refractivity contribution in [2.45, 2.75) is 6.18 Å². The molecular formula is C24H23ClF4N6O4. The summed E-state index contributed by atoms with van der Waals surface area (Å²) >= 11 is 6.26. The summed E-state index contributed by atoms with van der Waals surface area (Å²) < 4.78 is 51.7. The third kappa shape index (κ3) is 8.15. The fraction of sp³-hybridized carbons (Fsp3) is 0.250. The van der Waals surface area contributed by atoms with E-state index in [0.717, 1.165) is 0 Å². The van der Waals surface area contributed by atoms with Gasteiger partial charge in [-0.1, -0.05) is 23.7 Å². The van der Waals surface area contributed by atoms with E-state index in [9.17, 15) is 22.4 Å². The molecular weight excluding hydrogens is 548 g/mol. The van der Waals surface area contributed by atoms with Gasteiger partial charge in [0.05, 0.1) is 36.3 Å². The zero-order chi connectivity index (χ0) is 28.6. The van der Waals surface area contributed by atoms with Crippen molar-refractivity contribution in [3.05, 3.63) is 65.1 Å². The zero-order valence-electron chi connectivity index (χ0n) is 20.4. The van der Waals surface area contributed by atoms with Crippen LogP contribution in [0.5, 0.6) is 0 Å². The number of anilines is 5. The smallest absolute Gasteiger partial charge is 0.475 e. The van der Waals surface area contributed by atoms with Gasteiger partial charge < -0.3 is 30.7 Å². The van der Waals surface area contributed by atoms with Crippen LogP contribution in [0.4, 0.5) is 46.4 Å². The first kappa shape index (κ1) is 29.4. The van der Waals surface area contributed by atoms with Gasteiger partial charge >= 0.3 is 12.1 Å². The molecule has 4 N–H and O–H groups in total. The topological polar surface area (TPSA) is 129 Å². The first-order chi connectivity index (χ1) is 18.5. The summed E-state index contributed by atoms with van der Waals surface area (Å²) in [4.78, 5) is 31.5. The lowest BCUT2D eigenvalue weighted by molar-refractivity contribution is -0.192. The molecule has 0 spiro atoms. The molecule has 0 aliphatic carbocycles. The molecule has 0 saturated carbocycles. The van der Waals surface area contributed by atoms with E-state index in [-0.39, 0.29) is 22.7 Å². The highest BCUT2D eigenvalue weighted by molar-refractivity contribution is 6.33. The number of nitrogens with one attached hydrogen (secondary N) is 3. The van der Waals surface area contributed by atoms with Crippen LogP contribution >= 0.6 is 11.6 Å². The maximum atomic E-state index is 14.7. The third-order valence-corrected chi connectivity index (χ3v) is 5.47. The number of nitrogens with zero attached hydrogens (tertiary/aromatic N) is 3. The molecule has 0 unspecified atom stereocenters. The highest BCUT2D eigenvalue weighted by atomic mass is 35.5. The molecule has 1 fully saturated rings. The van der Waals surface area contributed by atoms with Gasteiger partial charge in [0.15, 0.2) is 5.82 Å². The lowest BCUT2D eigenvalue weighted by atomic mass is 10.1. The molecule has 10 nitrogen and oxygen atoms in total. The molecule has 2 aromatic carbocycles. The molecule has 208 valence electrons. The predicted octanol–water partition coefficient (Wildman–Crippen LogP) is 4.59. The molecule has 1 aromatic heterocycles. The Morgan fingerprint density at radius 3 is 2.38 bits per heavy atom. The SMILES string of the molecule is CNC(=O)c1ccccc1Nc1nc(Nc2ccc(N3CCOCC3)c(F)c2)ncc1Cl.O=C(O)C(F)(F)F. The van der Waals surface area contributed by atoms with Crippen LogP contribution in [0.25, 0.3) is 0 Å². The number of carbonyl (C=O) groups is 2. The Hall–Kier alpha value is -4.17. The number of hydrogen-bond acceptors (Lipinski definition) is 8. The normalized spacial score (nSPS) is 13.1. The van der Waals surface area contributed by atoms with Crippen LogP contribution in [0, 0.1) is 5.82 Å². The van der Waals surface area contributed by atoms with Crippen LogP contribution in [0.3, 0.4) is 0 Å². The number of alkyl halides is 3. The Morgan fingerprint density at radius 1 is 1.10 bits per heavy atom. The summed E-state index contributed by atoms with van der Waals surface area (Å²) in [6, 6.07) is 11.9. The van der Waals surface area contributed by atoms with Gasteiger partial charge in [0.25, 0.3) is 5.91 Å². The largest absolute Gasteiger partial charge is 0.490 e. The van der Waals surface area contributed by atoms with Gasteiger partial charge in [0.1, 0.15) is 10.8 Å². The summed E-state index contributed by atoms with van der Waals surface area (Å²) in [6.07, 6.45) is -3.65. The van der Waals surface area contributed by atoms with Crippen molar-refractivity contribution < 1.29 is 37.0 Å². The number of aromatic nitrogens is 2. The van der Waals surface area contributed by atoms with E-state index in [4.69, 9.17) is 26.2 Å². The van der Waals surface area contributed by atoms with E-state index in [2.05, 4.69) is 25.9 Å². The number of hydrogen-bond donors (Lipinski definition) is 4. The second-order valence-corrected chi connectivity index (χ2v) is 8.24. The minimum Gasteiger partial charge on any atom is -0.475 e. The average Bonchev–Trinajstić information content (AvgIpc) is 2.91. The van der Waals surface area contributed by atoms with Gasteiger partial charge in [-0.25, -0.2) is 14.2 Å². The van der Waals surface area contributed by atoms with Crippen molar-refractivity contribution >= 4 is 52.3 Å². The van der Waals surface area contributed by atoms with E-state index in [0.29, 0.717) is 54.7 Å². The second-order valence-electron chi connectivity index (χ2n) is 7.83. The minimum atomic E-state index is -5.08. The lowest BCUT2D eigenvalue weighted by Gasteiger charge is -2.29. The Morgan fingerprint density at radius 2 is 1.77 bits per heavy atom. The van der Waals surface area contributed by atoms with Crippen molar-refractivity contribution in [1.29, 1.82) is 0 Å². The highest BCUT2D eigenvalue weighted by Gasteiger charge is 2.38. The third-order valence-electron chi connectivity index (χ3n) is 5.19. The molecule has 0 radical (unpaired) electrons. The van der Waals surface area contributed by atoms with Crippen LogP contribution in [0.2, 0.25) is 5.02 Å². The Kier molecular flexibility index (Phi) is 9.84. The number of morpholine rings is 1. The van der Waals surface area contributed by atoms with Crippen molar-refractivity contribution in [2.75, 3.05) is 48.9 Å². The number of halogens is 5. The van der Waals surface area contributed by atoms with Crippen molar-refractivity contribution in [1.82, 2.24) is 15.3 Å². The molecule has 39 heavy (non-hydrogen) atoms. The Labute approximate surface area is 225 Å². The molecule has 1 amide bonds. The highest BCUT2D eigenvalue weighted by Crippen LogP contribution is 2.28. The fourth-order valence-electron chi connectivity index (χ4n) is 3.34. The average molecular weight is 571 g/mol. The number of carbonyl (C=O) groups excluding carboxylic acids is 1. The molecule has 1 aliphatic heterocycles. The van der Waals surface area contributed by atoms with Gasteiger partial charge in [0.2, 0.25) is 5.95 Å². The molecule has 4 rings (SSSR count). The standard InChI is InChI=1S/C22H22ClFN6O2.C2HF3O2/c1-25-21(31)15-4-2-3-5-18(15)28-20-16(23)13-26-22(29-20)27-14-6-7-19(17(24)12-14)30-8-10-32-11-9-30;3-2(4,5)1(6)7/h2-7,12-13H,8-11H2,1H3,(H,25,31)(H2,26,27,28,29);(H,6,7). The molecule has 1 aliphatic rings. The number of rotatable bonds is 6. The number of benzene rings is 2. The van der Waals surface area contributed by atoms with Crippen LogP contribution in [0.1, 0.15) is 10.4 Å². The summed E-state index contributed by atoms with van der Waals surface area (Å²) in [5.74, 6) is -2.80. The molecule has 0 bridgehead atoms. The number of amides is 1. The van der Waals surface area contributed by atoms with Crippen LogP contribution in [-0.4, -0.2) is 66.5 Å². The summed E-state index contributed by atoms with van der Waals surface area (Å²) in [7, 11) is 1.56. The van der Waals surface area contributed by atoms with Crippen LogP contribution in [-0.2, 0) is 9.53 Å². The molecule has 15 heteroatoms. The number of carboxylic acid groups (broad SMARTS) is 1. The van der Waals surface area contributed by atoms with Crippen LogP contribution < -0.4 is 20.9 Å². The van der Waals surface area contributed by atoms with E-state index in [1.165, 1.54) is 12.3 Å². The van der Waals surface area contributed by atoms with Gasteiger partial charge in [-0.3, -0.25) is 4.79 Å². The molecule has 1 saturated heterocycles. The maximum absolute atomic E-state index is 14.7. The molecule has 3 aromatic rings. The van der Waals surface area contributed by atoms with Gasteiger partial charge in [-0.2, -0.15) is 18.2 Å². The Balaban J connectivity index is 0.000000532. The van der Waals surface area contributed by atoms with E-state index >= 15 is 0 Å². The lowest BCUT2D eigenvalue weighted by Crippen LogP contribution is -2.36. The van der Waals surface area contributed by atoms with Crippen molar-refractivity contribution in [3.63, 3.8) is 0 Å². The predicted molar refractivity (Wildman–Crippen MR) is 137 cm³/mol. The van der Waals surface area contributed by atoms with Crippen molar-refractivity contribution in [3.8, 4) is 0 Å². The first-order valence-electron chi connectivity index (χ1n) is 11.3. The minimum absolute atomic E-state index is 0.229. The van der Waals surface area contributed by atoms with E-state index in [1.54, 1.807) is 43.4 Å². The first-order valence-corrected chi connectivity index (χ1v) is 11.7. The number of para-hydroxylation sites is 1. The van der Waals surface area contributed by atoms with Gasteiger partial charge in [0, 0.05) is 25.8 Å².